The van der Waals surface area contributed by atoms with Gasteiger partial charge in [0.2, 0.25) is 0 Å². The van der Waals surface area contributed by atoms with Crippen LogP contribution in [-0.2, 0) is 16.0 Å². The first kappa shape index (κ1) is 18.0. The Labute approximate surface area is 142 Å². The molecular weight excluding hydrogens is 310 g/mol. The zero-order valence-corrected chi connectivity index (χ0v) is 15.1. The van der Waals surface area contributed by atoms with Gasteiger partial charge in [-0.05, 0) is 43.7 Å². The first-order chi connectivity index (χ1) is 11.0. The molecule has 0 saturated heterocycles. The summed E-state index contributed by atoms with van der Waals surface area (Å²) >= 11 is 1.44. The Hall–Kier alpha value is -1.36. The van der Waals surface area contributed by atoms with E-state index in [0.29, 0.717) is 10.8 Å². The van der Waals surface area contributed by atoms with Crippen molar-refractivity contribution in [3.63, 3.8) is 0 Å². The highest BCUT2D eigenvalue weighted by Crippen LogP contribution is 2.24. The van der Waals surface area contributed by atoms with Crippen molar-refractivity contribution in [2.45, 2.75) is 65.3 Å². The number of thiophene rings is 1. The summed E-state index contributed by atoms with van der Waals surface area (Å²) in [5, 5.41) is 3.00. The predicted molar refractivity (Wildman–Crippen MR) is 92.9 cm³/mol. The Morgan fingerprint density at radius 3 is 2.78 bits per heavy atom. The molecule has 1 aromatic heterocycles. The number of carbonyl (C=O) groups excluding carboxylic acids is 2. The molecule has 1 N–H and O–H groups in total. The molecule has 1 aliphatic rings. The molecule has 0 unspecified atom stereocenters. The molecule has 2 atom stereocenters. The molecule has 0 bridgehead atoms. The third-order valence-electron chi connectivity index (χ3n) is 4.53. The summed E-state index contributed by atoms with van der Waals surface area (Å²) in [5.41, 5.74) is 1.20. The maximum atomic E-state index is 12.1. The lowest BCUT2D eigenvalue weighted by Gasteiger charge is -2.29. The lowest BCUT2D eigenvalue weighted by Crippen LogP contribution is -2.42. The molecule has 1 saturated carbocycles. The monoisotopic (exact) mass is 337 g/mol. The SMILES string of the molecule is CCCc1cc(C(=O)OCC(=O)N[C@@H]2CCCC[C@@H]2C)sc1C. The number of nitrogens with one attached hydrogen (secondary N) is 1. The van der Waals surface area contributed by atoms with E-state index >= 15 is 0 Å². The second-order valence-electron chi connectivity index (χ2n) is 6.45. The largest absolute Gasteiger partial charge is 0.451 e. The fourth-order valence-corrected chi connectivity index (χ4v) is 4.08. The van der Waals surface area contributed by atoms with Gasteiger partial charge in [0.25, 0.3) is 5.91 Å². The van der Waals surface area contributed by atoms with E-state index in [-0.39, 0.29) is 18.6 Å². The Morgan fingerprint density at radius 2 is 2.09 bits per heavy atom. The molecule has 23 heavy (non-hydrogen) atoms. The van der Waals surface area contributed by atoms with Gasteiger partial charge in [-0.3, -0.25) is 4.79 Å². The van der Waals surface area contributed by atoms with Crippen LogP contribution in [0.1, 0.15) is 66.1 Å². The third-order valence-corrected chi connectivity index (χ3v) is 5.61. The highest BCUT2D eigenvalue weighted by molar-refractivity contribution is 7.14. The zero-order valence-electron chi connectivity index (χ0n) is 14.3. The van der Waals surface area contributed by atoms with Crippen molar-refractivity contribution in [2.75, 3.05) is 6.61 Å². The topological polar surface area (TPSA) is 55.4 Å². The van der Waals surface area contributed by atoms with Gasteiger partial charge >= 0.3 is 5.97 Å². The smallest absolute Gasteiger partial charge is 0.348 e. The highest BCUT2D eigenvalue weighted by Gasteiger charge is 2.23. The quantitative estimate of drug-likeness (QED) is 0.802. The van der Waals surface area contributed by atoms with E-state index in [1.165, 1.54) is 23.3 Å². The number of rotatable bonds is 6. The van der Waals surface area contributed by atoms with Crippen LogP contribution in [-0.4, -0.2) is 24.5 Å². The van der Waals surface area contributed by atoms with Crippen molar-refractivity contribution in [1.29, 1.82) is 0 Å². The molecule has 0 spiro atoms. The van der Waals surface area contributed by atoms with Gasteiger partial charge in [0.15, 0.2) is 6.61 Å². The van der Waals surface area contributed by atoms with E-state index in [4.69, 9.17) is 4.74 Å². The number of esters is 1. The van der Waals surface area contributed by atoms with Crippen molar-refractivity contribution in [2.24, 2.45) is 5.92 Å². The zero-order chi connectivity index (χ0) is 16.8. The second kappa shape index (κ2) is 8.48. The van der Waals surface area contributed by atoms with E-state index in [9.17, 15) is 9.59 Å². The van der Waals surface area contributed by atoms with E-state index in [1.807, 2.05) is 13.0 Å². The molecule has 1 aliphatic carbocycles. The minimum absolute atomic E-state index is 0.192. The molecule has 1 aromatic rings. The Kier molecular flexibility index (Phi) is 6.63. The lowest BCUT2D eigenvalue weighted by molar-refractivity contribution is -0.125. The summed E-state index contributed by atoms with van der Waals surface area (Å²) < 4.78 is 5.17. The summed E-state index contributed by atoms with van der Waals surface area (Å²) in [6, 6.07) is 2.11. The van der Waals surface area contributed by atoms with Crippen LogP contribution in [0.3, 0.4) is 0 Å². The van der Waals surface area contributed by atoms with Gasteiger partial charge in [-0.1, -0.05) is 33.1 Å². The van der Waals surface area contributed by atoms with Gasteiger partial charge in [-0.2, -0.15) is 0 Å². The second-order valence-corrected chi connectivity index (χ2v) is 7.71. The number of carbonyl (C=O) groups is 2. The van der Waals surface area contributed by atoms with Gasteiger partial charge in [-0.25, -0.2) is 4.79 Å². The number of hydrogen-bond donors (Lipinski definition) is 1. The van der Waals surface area contributed by atoms with Crippen LogP contribution < -0.4 is 5.32 Å². The van der Waals surface area contributed by atoms with Crippen LogP contribution in [0.15, 0.2) is 6.07 Å². The van der Waals surface area contributed by atoms with E-state index in [1.54, 1.807) is 0 Å². The third kappa shape index (κ3) is 5.06. The molecule has 0 aliphatic heterocycles. The molecule has 0 radical (unpaired) electrons. The van der Waals surface area contributed by atoms with E-state index < -0.39 is 5.97 Å². The van der Waals surface area contributed by atoms with Crippen LogP contribution >= 0.6 is 11.3 Å². The van der Waals surface area contributed by atoms with Crippen LogP contribution in [0.4, 0.5) is 0 Å². The number of amides is 1. The van der Waals surface area contributed by atoms with Crippen molar-refractivity contribution < 1.29 is 14.3 Å². The first-order valence-corrected chi connectivity index (χ1v) is 9.38. The van der Waals surface area contributed by atoms with Crippen LogP contribution in [0, 0.1) is 12.8 Å². The maximum Gasteiger partial charge on any atom is 0.348 e. The maximum absolute atomic E-state index is 12.1. The normalized spacial score (nSPS) is 21.0. The highest BCUT2D eigenvalue weighted by atomic mass is 32.1. The molecule has 1 fully saturated rings. The summed E-state index contributed by atoms with van der Waals surface area (Å²) in [6.45, 7) is 6.11. The standard InChI is InChI=1S/C18H27NO3S/c1-4-7-14-10-16(23-13(14)3)18(21)22-11-17(20)19-15-9-6-5-8-12(15)2/h10,12,15H,4-9,11H2,1-3H3,(H,19,20)/t12-,15+/m0/s1. The molecule has 0 aromatic carbocycles. The average Bonchev–Trinajstić information content (AvgIpc) is 2.89. The van der Waals surface area contributed by atoms with E-state index in [2.05, 4.69) is 19.2 Å². The summed E-state index contributed by atoms with van der Waals surface area (Å²) in [4.78, 5) is 25.8. The van der Waals surface area contributed by atoms with Crippen LogP contribution in [0.5, 0.6) is 0 Å². The molecule has 1 heterocycles. The van der Waals surface area contributed by atoms with Gasteiger partial charge < -0.3 is 10.1 Å². The fourth-order valence-electron chi connectivity index (χ4n) is 3.12. The van der Waals surface area contributed by atoms with Crippen LogP contribution in [0.2, 0.25) is 0 Å². The van der Waals surface area contributed by atoms with Crippen molar-refractivity contribution in [3.05, 3.63) is 21.4 Å². The van der Waals surface area contributed by atoms with Crippen molar-refractivity contribution in [1.82, 2.24) is 5.32 Å². The number of ether oxygens (including phenoxy) is 1. The Bertz CT molecular complexity index is 552. The Balaban J connectivity index is 1.81. The summed E-state index contributed by atoms with van der Waals surface area (Å²) in [5.74, 6) is -0.0913. The van der Waals surface area contributed by atoms with Crippen LogP contribution in [0.25, 0.3) is 0 Å². The average molecular weight is 337 g/mol. The molecule has 4 nitrogen and oxygen atoms in total. The lowest BCUT2D eigenvalue weighted by atomic mass is 9.86. The number of aryl methyl sites for hydroxylation is 2. The molecular formula is C18H27NO3S. The minimum Gasteiger partial charge on any atom is -0.451 e. The van der Waals surface area contributed by atoms with E-state index in [0.717, 1.165) is 37.0 Å². The van der Waals surface area contributed by atoms with Gasteiger partial charge in [-0.15, -0.1) is 11.3 Å². The molecule has 5 heteroatoms. The predicted octanol–water partition coefficient (Wildman–Crippen LogP) is 3.86. The first-order valence-electron chi connectivity index (χ1n) is 8.57. The molecule has 2 rings (SSSR count). The molecule has 1 amide bonds. The van der Waals surface area contributed by atoms with Gasteiger partial charge in [0, 0.05) is 10.9 Å². The van der Waals surface area contributed by atoms with Crippen molar-refractivity contribution in [3.8, 4) is 0 Å². The van der Waals surface area contributed by atoms with Gasteiger partial charge in [0.05, 0.1) is 0 Å². The summed E-state index contributed by atoms with van der Waals surface area (Å²) in [6.07, 6.45) is 6.58. The molecule has 128 valence electrons. The van der Waals surface area contributed by atoms with Crippen molar-refractivity contribution >= 4 is 23.2 Å². The van der Waals surface area contributed by atoms with Gasteiger partial charge in [0.1, 0.15) is 4.88 Å². The fraction of sp³-hybridized carbons (Fsp3) is 0.667. The Morgan fingerprint density at radius 1 is 1.35 bits per heavy atom. The number of hydrogen-bond acceptors (Lipinski definition) is 4. The minimum atomic E-state index is -0.396. The summed E-state index contributed by atoms with van der Waals surface area (Å²) in [7, 11) is 0.